The van der Waals surface area contributed by atoms with Gasteiger partial charge in [-0.2, -0.15) is 0 Å². The molecule has 0 aliphatic carbocycles. The molecule has 0 saturated carbocycles. The van der Waals surface area contributed by atoms with Crippen LogP contribution in [0.5, 0.6) is 5.75 Å². The van der Waals surface area contributed by atoms with Crippen LogP contribution in [0.2, 0.25) is 0 Å². The van der Waals surface area contributed by atoms with Crippen molar-refractivity contribution in [3.63, 3.8) is 0 Å². The van der Waals surface area contributed by atoms with E-state index in [4.69, 9.17) is 26.6 Å². The van der Waals surface area contributed by atoms with Crippen LogP contribution in [-0.2, 0) is 4.79 Å². The van der Waals surface area contributed by atoms with Crippen molar-refractivity contribution >= 4 is 29.2 Å². The number of thiocarbonyl (C=S) groups is 1. The van der Waals surface area contributed by atoms with Crippen molar-refractivity contribution in [3.8, 4) is 5.75 Å². The van der Waals surface area contributed by atoms with Crippen molar-refractivity contribution in [3.05, 3.63) is 60.1 Å². The Bertz CT molecular complexity index is 666. The fourth-order valence-electron chi connectivity index (χ4n) is 1.71. The summed E-state index contributed by atoms with van der Waals surface area (Å²) in [4.78, 5) is 11.8. The number of carbonyl (C=O) groups excluding carboxylic acids is 1. The Balaban J connectivity index is 1.68. The van der Waals surface area contributed by atoms with Crippen LogP contribution in [0.4, 0.5) is 0 Å². The summed E-state index contributed by atoms with van der Waals surface area (Å²) in [6.45, 7) is 0.710. The first kappa shape index (κ1) is 16.7. The lowest BCUT2D eigenvalue weighted by atomic mass is 10.2. The molecule has 1 amide bonds. The molecular weight excluding hydrogens is 316 g/mol. The third-order valence-corrected chi connectivity index (χ3v) is 3.16. The van der Waals surface area contributed by atoms with E-state index in [2.05, 4.69) is 5.32 Å². The number of hydrogen-bond donors (Lipinski definition) is 3. The van der Waals surface area contributed by atoms with Gasteiger partial charge in [-0.1, -0.05) is 12.2 Å². The van der Waals surface area contributed by atoms with E-state index in [0.717, 1.165) is 0 Å². The van der Waals surface area contributed by atoms with Crippen molar-refractivity contribution in [2.75, 3.05) is 13.2 Å². The molecule has 0 radical (unpaired) electrons. The van der Waals surface area contributed by atoms with Crippen molar-refractivity contribution < 1.29 is 19.2 Å². The van der Waals surface area contributed by atoms with E-state index < -0.39 is 0 Å². The Kier molecular flexibility index (Phi) is 6.34. The Labute approximate surface area is 138 Å². The van der Waals surface area contributed by atoms with Gasteiger partial charge in [0.15, 0.2) is 0 Å². The number of rotatable bonds is 7. The minimum absolute atomic E-state index is 0.222. The smallest absolute Gasteiger partial charge is 0.244 e. The highest BCUT2D eigenvalue weighted by atomic mass is 32.1. The molecule has 0 unspecified atom stereocenters. The highest BCUT2D eigenvalue weighted by molar-refractivity contribution is 7.80. The van der Waals surface area contributed by atoms with Crippen LogP contribution in [-0.4, -0.2) is 29.3 Å². The molecule has 7 heteroatoms. The molecule has 1 aromatic carbocycles. The number of furan rings is 1. The highest BCUT2D eigenvalue weighted by Crippen LogP contribution is 2.12. The van der Waals surface area contributed by atoms with Gasteiger partial charge in [0.1, 0.15) is 23.1 Å². The summed E-state index contributed by atoms with van der Waals surface area (Å²) in [6, 6.07) is 10.4. The summed E-state index contributed by atoms with van der Waals surface area (Å²) in [5, 5.41) is 11.4. The van der Waals surface area contributed by atoms with Crippen LogP contribution < -0.4 is 15.5 Å². The molecule has 1 aromatic heterocycles. The van der Waals surface area contributed by atoms with Crippen molar-refractivity contribution in [2.24, 2.45) is 0 Å². The lowest BCUT2D eigenvalue weighted by Crippen LogP contribution is -2.26. The van der Waals surface area contributed by atoms with Gasteiger partial charge in [0.2, 0.25) is 5.91 Å². The third-order valence-electron chi connectivity index (χ3n) is 2.83. The molecular formula is C16H16N2O4S. The minimum atomic E-state index is -0.222. The second-order valence-electron chi connectivity index (χ2n) is 4.45. The van der Waals surface area contributed by atoms with Crippen LogP contribution in [0.15, 0.2) is 53.2 Å². The van der Waals surface area contributed by atoms with Crippen molar-refractivity contribution in [1.29, 1.82) is 0 Å². The van der Waals surface area contributed by atoms with Gasteiger partial charge in [-0.3, -0.25) is 15.5 Å². The average Bonchev–Trinajstić information content (AvgIpc) is 3.10. The van der Waals surface area contributed by atoms with E-state index >= 15 is 0 Å². The number of amides is 1. The number of hydrogen-bond acceptors (Lipinski definition) is 5. The highest BCUT2D eigenvalue weighted by Gasteiger charge is 2.01. The third kappa shape index (κ3) is 5.57. The second kappa shape index (κ2) is 8.72. The van der Waals surface area contributed by atoms with E-state index in [1.807, 2.05) is 5.48 Å². The molecule has 0 saturated heterocycles. The molecule has 23 heavy (non-hydrogen) atoms. The van der Waals surface area contributed by atoms with Gasteiger partial charge in [-0.15, -0.1) is 0 Å². The maximum Gasteiger partial charge on any atom is 0.244 e. The normalized spacial score (nSPS) is 10.5. The van der Waals surface area contributed by atoms with Crippen molar-refractivity contribution in [1.82, 2.24) is 10.8 Å². The number of benzene rings is 1. The molecule has 0 bridgehead atoms. The van der Waals surface area contributed by atoms with Gasteiger partial charge < -0.3 is 14.5 Å². The maximum atomic E-state index is 11.6. The average molecular weight is 332 g/mol. The molecule has 6 nitrogen and oxygen atoms in total. The quantitative estimate of drug-likeness (QED) is 0.312. The molecule has 2 rings (SSSR count). The van der Waals surface area contributed by atoms with Crippen molar-refractivity contribution in [2.45, 2.75) is 0 Å². The topological polar surface area (TPSA) is 83.7 Å². The maximum absolute atomic E-state index is 11.6. The summed E-state index contributed by atoms with van der Waals surface area (Å²) >= 11 is 4.89. The predicted octanol–water partition coefficient (Wildman–Crippen LogP) is 2.14. The molecule has 0 aliphatic heterocycles. The summed E-state index contributed by atoms with van der Waals surface area (Å²) in [6.07, 6.45) is 4.53. The molecule has 0 fully saturated rings. The lowest BCUT2D eigenvalue weighted by Gasteiger charge is -2.07. The Morgan fingerprint density at radius 3 is 2.74 bits per heavy atom. The Hall–Kier alpha value is -2.64. The number of nitrogens with one attached hydrogen (secondary N) is 2. The van der Waals surface area contributed by atoms with Crippen LogP contribution in [0, 0.1) is 0 Å². The summed E-state index contributed by atoms with van der Waals surface area (Å²) in [5.74, 6) is 1.04. The van der Waals surface area contributed by atoms with Gasteiger partial charge in [0, 0.05) is 11.6 Å². The summed E-state index contributed by atoms with van der Waals surface area (Å²) < 4.78 is 10.6. The molecule has 2 aromatic rings. The van der Waals surface area contributed by atoms with Gasteiger partial charge in [-0.05, 0) is 42.5 Å². The van der Waals surface area contributed by atoms with E-state index in [1.54, 1.807) is 48.7 Å². The van der Waals surface area contributed by atoms with Crippen LogP contribution >= 0.6 is 12.2 Å². The number of hydroxylamine groups is 1. The zero-order valence-electron chi connectivity index (χ0n) is 12.2. The SMILES string of the molecule is O=C(/C=C/c1ccco1)NCCOc1ccc(C(=S)NO)cc1. The fraction of sp³-hybridized carbons (Fsp3) is 0.125. The molecule has 120 valence electrons. The van der Waals surface area contributed by atoms with Gasteiger partial charge in [-0.25, -0.2) is 0 Å². The molecule has 1 heterocycles. The number of carbonyl (C=O) groups is 1. The van der Waals surface area contributed by atoms with E-state index in [-0.39, 0.29) is 10.9 Å². The molecule has 0 atom stereocenters. The van der Waals surface area contributed by atoms with Gasteiger partial charge in [0.25, 0.3) is 0 Å². The molecule has 3 N–H and O–H groups in total. The monoisotopic (exact) mass is 332 g/mol. The first-order valence-corrected chi connectivity index (χ1v) is 7.26. The van der Waals surface area contributed by atoms with E-state index in [9.17, 15) is 4.79 Å². The largest absolute Gasteiger partial charge is 0.492 e. The molecule has 0 aliphatic rings. The van der Waals surface area contributed by atoms with Crippen LogP contribution in [0.1, 0.15) is 11.3 Å². The van der Waals surface area contributed by atoms with Gasteiger partial charge in [0.05, 0.1) is 12.8 Å². The lowest BCUT2D eigenvalue weighted by molar-refractivity contribution is -0.116. The second-order valence-corrected chi connectivity index (χ2v) is 4.86. The van der Waals surface area contributed by atoms with Gasteiger partial charge >= 0.3 is 0 Å². The van der Waals surface area contributed by atoms with E-state index in [1.165, 1.54) is 6.08 Å². The fourth-order valence-corrected chi connectivity index (χ4v) is 1.85. The predicted molar refractivity (Wildman–Crippen MR) is 89.3 cm³/mol. The zero-order valence-corrected chi connectivity index (χ0v) is 13.0. The Morgan fingerprint density at radius 1 is 1.30 bits per heavy atom. The van der Waals surface area contributed by atoms with Crippen LogP contribution in [0.25, 0.3) is 6.08 Å². The first-order chi connectivity index (χ1) is 11.2. The Morgan fingerprint density at radius 2 is 2.09 bits per heavy atom. The molecule has 0 spiro atoms. The van der Waals surface area contributed by atoms with E-state index in [0.29, 0.717) is 30.2 Å². The summed E-state index contributed by atoms with van der Waals surface area (Å²) in [7, 11) is 0. The minimum Gasteiger partial charge on any atom is -0.492 e. The number of ether oxygens (including phenoxy) is 1. The standard InChI is InChI=1S/C16H16N2O4S/c19-15(8-7-13-2-1-10-21-13)17-9-11-22-14-5-3-12(4-6-14)16(23)18-20/h1-8,10,20H,9,11H2,(H,17,19)(H,18,23)/b8-7+. The van der Waals surface area contributed by atoms with Crippen LogP contribution in [0.3, 0.4) is 0 Å². The first-order valence-electron chi connectivity index (χ1n) is 6.86. The zero-order chi connectivity index (χ0) is 16.5. The summed E-state index contributed by atoms with van der Waals surface area (Å²) in [5.41, 5.74) is 2.60.